The monoisotopic (exact) mass is 417 g/mol. The average molecular weight is 418 g/mol. The first kappa shape index (κ1) is 22.0. The van der Waals surface area contributed by atoms with Gasteiger partial charge in [0, 0.05) is 29.5 Å². The molecule has 0 aliphatic carbocycles. The van der Waals surface area contributed by atoms with Gasteiger partial charge in [-0.25, -0.2) is 0 Å². The van der Waals surface area contributed by atoms with Gasteiger partial charge in [0.05, 0.1) is 40.1 Å². The number of thioether (sulfide) groups is 1. The Bertz CT molecular complexity index is 762. The third-order valence-corrected chi connectivity index (χ3v) is 5.57. The van der Waals surface area contributed by atoms with Crippen molar-refractivity contribution in [3.05, 3.63) is 53.6 Å². The molecule has 1 saturated heterocycles. The van der Waals surface area contributed by atoms with Crippen LogP contribution in [0.3, 0.4) is 0 Å². The van der Waals surface area contributed by atoms with Gasteiger partial charge in [-0.3, -0.25) is 4.90 Å². The van der Waals surface area contributed by atoms with Crippen molar-refractivity contribution in [2.75, 3.05) is 53.4 Å². The van der Waals surface area contributed by atoms with Crippen LogP contribution in [0.25, 0.3) is 0 Å². The molecule has 158 valence electrons. The van der Waals surface area contributed by atoms with E-state index in [0.717, 1.165) is 30.2 Å². The molecule has 3 rings (SSSR count). The van der Waals surface area contributed by atoms with Crippen molar-refractivity contribution in [2.24, 2.45) is 5.92 Å². The van der Waals surface area contributed by atoms with Crippen LogP contribution in [0.15, 0.2) is 47.4 Å². The second kappa shape index (κ2) is 11.5. The fourth-order valence-electron chi connectivity index (χ4n) is 3.37. The summed E-state index contributed by atoms with van der Waals surface area (Å²) in [4.78, 5) is 3.57. The molecule has 1 heterocycles. The Labute approximate surface area is 178 Å². The van der Waals surface area contributed by atoms with Crippen LogP contribution in [0.2, 0.25) is 0 Å². The summed E-state index contributed by atoms with van der Waals surface area (Å²) in [5.41, 5.74) is 2.42. The third kappa shape index (κ3) is 6.93. The van der Waals surface area contributed by atoms with E-state index < -0.39 is 0 Å². The molecule has 0 aromatic heterocycles. The maximum absolute atomic E-state index is 6.03. The van der Waals surface area contributed by atoms with Crippen LogP contribution in [0, 0.1) is 5.92 Å². The van der Waals surface area contributed by atoms with E-state index in [1.54, 1.807) is 18.9 Å². The van der Waals surface area contributed by atoms with Crippen molar-refractivity contribution in [1.29, 1.82) is 0 Å². The first-order chi connectivity index (χ1) is 14.2. The standard InChI is InChI=1S/C23H31NO4S/c1-24(13-18-5-4-6-22(11-18)29-3)14-20-12-21(7-8-23(20)25-2)28-17-19-15-26-9-10-27-16-19/h4-8,11-12,19H,9-10,13-17H2,1-3H3. The molecule has 2 aromatic carbocycles. The topological polar surface area (TPSA) is 40.2 Å². The number of hydrogen-bond acceptors (Lipinski definition) is 6. The molecule has 1 aliphatic rings. The average Bonchev–Trinajstić information content (AvgIpc) is 3.01. The fourth-order valence-corrected chi connectivity index (χ4v) is 3.86. The highest BCUT2D eigenvalue weighted by Gasteiger charge is 2.15. The lowest BCUT2D eigenvalue weighted by Gasteiger charge is -2.20. The highest BCUT2D eigenvalue weighted by Crippen LogP contribution is 2.26. The molecular formula is C23H31NO4S. The van der Waals surface area contributed by atoms with E-state index in [2.05, 4.69) is 48.5 Å². The van der Waals surface area contributed by atoms with Crippen LogP contribution in [-0.4, -0.2) is 58.3 Å². The molecule has 5 nitrogen and oxygen atoms in total. The van der Waals surface area contributed by atoms with Gasteiger partial charge in [0.25, 0.3) is 0 Å². The number of methoxy groups -OCH3 is 1. The number of ether oxygens (including phenoxy) is 4. The van der Waals surface area contributed by atoms with E-state index in [0.29, 0.717) is 33.0 Å². The Morgan fingerprint density at radius 2 is 1.86 bits per heavy atom. The zero-order valence-corrected chi connectivity index (χ0v) is 18.4. The molecule has 0 spiro atoms. The Morgan fingerprint density at radius 1 is 1.07 bits per heavy atom. The van der Waals surface area contributed by atoms with E-state index in [1.165, 1.54) is 10.5 Å². The molecule has 6 heteroatoms. The molecule has 0 saturated carbocycles. The summed E-state index contributed by atoms with van der Waals surface area (Å²) < 4.78 is 22.7. The highest BCUT2D eigenvalue weighted by molar-refractivity contribution is 7.98. The van der Waals surface area contributed by atoms with Gasteiger partial charge in [0.2, 0.25) is 0 Å². The minimum absolute atomic E-state index is 0.259. The van der Waals surface area contributed by atoms with Gasteiger partial charge in [-0.1, -0.05) is 12.1 Å². The molecule has 0 unspecified atom stereocenters. The van der Waals surface area contributed by atoms with Crippen LogP contribution >= 0.6 is 11.8 Å². The van der Waals surface area contributed by atoms with Crippen molar-refractivity contribution in [3.8, 4) is 11.5 Å². The molecular weight excluding hydrogens is 386 g/mol. The minimum Gasteiger partial charge on any atom is -0.496 e. The van der Waals surface area contributed by atoms with E-state index in [4.69, 9.17) is 18.9 Å². The molecule has 0 bridgehead atoms. The van der Waals surface area contributed by atoms with Crippen LogP contribution in [0.4, 0.5) is 0 Å². The summed E-state index contributed by atoms with van der Waals surface area (Å²) in [5, 5.41) is 0. The van der Waals surface area contributed by atoms with Gasteiger partial charge in [-0.2, -0.15) is 0 Å². The molecule has 0 radical (unpaired) electrons. The van der Waals surface area contributed by atoms with Gasteiger partial charge < -0.3 is 18.9 Å². The van der Waals surface area contributed by atoms with Crippen LogP contribution < -0.4 is 9.47 Å². The Kier molecular flexibility index (Phi) is 8.68. The Hall–Kier alpha value is -1.73. The number of rotatable bonds is 9. The maximum Gasteiger partial charge on any atom is 0.123 e. The Balaban J connectivity index is 1.61. The molecule has 1 aliphatic heterocycles. The van der Waals surface area contributed by atoms with E-state index >= 15 is 0 Å². The second-order valence-electron chi connectivity index (χ2n) is 7.32. The Morgan fingerprint density at radius 3 is 2.59 bits per heavy atom. The third-order valence-electron chi connectivity index (χ3n) is 4.84. The lowest BCUT2D eigenvalue weighted by molar-refractivity contribution is 0.101. The van der Waals surface area contributed by atoms with Crippen LogP contribution in [0.1, 0.15) is 11.1 Å². The zero-order chi connectivity index (χ0) is 20.5. The smallest absolute Gasteiger partial charge is 0.123 e. The SMILES string of the molecule is COc1ccc(OCC2COCCOC2)cc1CN(C)Cc1cccc(SC)c1. The normalized spacial score (nSPS) is 15.3. The summed E-state index contributed by atoms with van der Waals surface area (Å²) >= 11 is 1.77. The lowest BCUT2D eigenvalue weighted by Crippen LogP contribution is -2.21. The number of benzene rings is 2. The van der Waals surface area contributed by atoms with Crippen LogP contribution in [0.5, 0.6) is 11.5 Å². The van der Waals surface area contributed by atoms with Crippen molar-refractivity contribution in [2.45, 2.75) is 18.0 Å². The minimum atomic E-state index is 0.259. The van der Waals surface area contributed by atoms with Gasteiger partial charge in [0.1, 0.15) is 11.5 Å². The molecule has 0 amide bonds. The summed E-state index contributed by atoms with van der Waals surface area (Å²) in [6, 6.07) is 14.7. The van der Waals surface area contributed by atoms with E-state index in [9.17, 15) is 0 Å². The lowest BCUT2D eigenvalue weighted by atomic mass is 10.1. The molecule has 2 aromatic rings. The zero-order valence-electron chi connectivity index (χ0n) is 17.6. The molecule has 0 atom stereocenters. The predicted molar refractivity (Wildman–Crippen MR) is 117 cm³/mol. The van der Waals surface area contributed by atoms with Gasteiger partial charge in [0.15, 0.2) is 0 Å². The summed E-state index contributed by atoms with van der Waals surface area (Å²) in [5.74, 6) is 1.99. The van der Waals surface area contributed by atoms with Crippen molar-refractivity contribution < 1.29 is 18.9 Å². The summed E-state index contributed by atoms with van der Waals surface area (Å²) in [6.45, 7) is 4.93. The van der Waals surface area contributed by atoms with Gasteiger partial charge in [-0.15, -0.1) is 11.8 Å². The van der Waals surface area contributed by atoms with Crippen molar-refractivity contribution in [3.63, 3.8) is 0 Å². The van der Waals surface area contributed by atoms with Crippen LogP contribution in [-0.2, 0) is 22.6 Å². The fraction of sp³-hybridized carbons (Fsp3) is 0.478. The largest absolute Gasteiger partial charge is 0.496 e. The van der Waals surface area contributed by atoms with Crippen molar-refractivity contribution in [1.82, 2.24) is 4.90 Å². The first-order valence-corrected chi connectivity index (χ1v) is 11.2. The quantitative estimate of drug-likeness (QED) is 0.573. The predicted octanol–water partition coefficient (Wildman–Crippen LogP) is 4.09. The highest BCUT2D eigenvalue weighted by atomic mass is 32.2. The van der Waals surface area contributed by atoms with Gasteiger partial charge >= 0.3 is 0 Å². The van der Waals surface area contributed by atoms with E-state index in [-0.39, 0.29) is 5.92 Å². The van der Waals surface area contributed by atoms with Crippen molar-refractivity contribution >= 4 is 11.8 Å². The molecule has 29 heavy (non-hydrogen) atoms. The summed E-state index contributed by atoms with van der Waals surface area (Å²) in [6.07, 6.45) is 2.10. The molecule has 0 N–H and O–H groups in total. The number of hydrogen-bond donors (Lipinski definition) is 0. The van der Waals surface area contributed by atoms with E-state index in [1.807, 2.05) is 12.1 Å². The first-order valence-electron chi connectivity index (χ1n) is 9.94. The molecule has 1 fully saturated rings. The number of nitrogens with zero attached hydrogens (tertiary/aromatic N) is 1. The maximum atomic E-state index is 6.03. The summed E-state index contributed by atoms with van der Waals surface area (Å²) in [7, 11) is 3.83. The second-order valence-corrected chi connectivity index (χ2v) is 8.20. The van der Waals surface area contributed by atoms with Gasteiger partial charge in [-0.05, 0) is 49.2 Å².